The number of pyridine rings is 1. The van der Waals surface area contributed by atoms with Gasteiger partial charge in [-0.15, -0.1) is 0 Å². The lowest BCUT2D eigenvalue weighted by Gasteiger charge is -2.10. The van der Waals surface area contributed by atoms with Gasteiger partial charge in [-0.25, -0.2) is 0 Å². The summed E-state index contributed by atoms with van der Waals surface area (Å²) in [7, 11) is 0. The van der Waals surface area contributed by atoms with E-state index in [9.17, 15) is 4.79 Å². The summed E-state index contributed by atoms with van der Waals surface area (Å²) in [5.41, 5.74) is 5.27. The van der Waals surface area contributed by atoms with Crippen molar-refractivity contribution in [1.29, 1.82) is 5.26 Å². The molecule has 26 heavy (non-hydrogen) atoms. The van der Waals surface area contributed by atoms with E-state index in [1.165, 1.54) is 11.1 Å². The van der Waals surface area contributed by atoms with Crippen LogP contribution in [-0.2, 0) is 0 Å². The van der Waals surface area contributed by atoms with Gasteiger partial charge in [0.2, 0.25) is 0 Å². The molecule has 2 N–H and O–H groups in total. The van der Waals surface area contributed by atoms with Gasteiger partial charge in [-0.1, -0.05) is 18.2 Å². The Bertz CT molecular complexity index is 1000. The van der Waals surface area contributed by atoms with Crippen molar-refractivity contribution in [2.75, 3.05) is 10.6 Å². The first-order chi connectivity index (χ1) is 12.6. The van der Waals surface area contributed by atoms with E-state index < -0.39 is 0 Å². The smallest absolute Gasteiger partial charge is 0.274 e. The van der Waals surface area contributed by atoms with Gasteiger partial charge in [0.05, 0.1) is 11.3 Å². The molecule has 5 nitrogen and oxygen atoms in total. The SMILES string of the molecule is Cc1ccc(Nc2ccnc(C(=O)Nc3ccccc3C#N)c2)cc1C. The number of nitriles is 1. The second kappa shape index (κ2) is 7.49. The molecule has 0 fully saturated rings. The van der Waals surface area contributed by atoms with Crippen LogP contribution in [-0.4, -0.2) is 10.9 Å². The summed E-state index contributed by atoms with van der Waals surface area (Å²) in [5, 5.41) is 15.1. The van der Waals surface area contributed by atoms with E-state index >= 15 is 0 Å². The lowest BCUT2D eigenvalue weighted by atomic mass is 10.1. The Morgan fingerprint density at radius 1 is 1.00 bits per heavy atom. The highest BCUT2D eigenvalue weighted by Crippen LogP contribution is 2.20. The number of rotatable bonds is 4. The largest absolute Gasteiger partial charge is 0.355 e. The molecule has 0 saturated heterocycles. The Morgan fingerprint density at radius 2 is 1.77 bits per heavy atom. The van der Waals surface area contributed by atoms with Gasteiger partial charge in [-0.05, 0) is 61.4 Å². The minimum absolute atomic E-state index is 0.270. The van der Waals surface area contributed by atoms with Crippen LogP contribution in [0.5, 0.6) is 0 Å². The van der Waals surface area contributed by atoms with E-state index in [4.69, 9.17) is 5.26 Å². The molecule has 2 aromatic carbocycles. The van der Waals surface area contributed by atoms with Gasteiger partial charge in [0, 0.05) is 17.6 Å². The molecule has 0 radical (unpaired) electrons. The van der Waals surface area contributed by atoms with E-state index in [2.05, 4.69) is 41.6 Å². The van der Waals surface area contributed by atoms with Crippen LogP contribution in [0.2, 0.25) is 0 Å². The molecule has 0 aliphatic rings. The molecule has 1 aromatic heterocycles. The molecule has 0 spiro atoms. The summed E-state index contributed by atoms with van der Waals surface area (Å²) in [5.74, 6) is -0.364. The fourth-order valence-corrected chi connectivity index (χ4v) is 2.49. The second-order valence-corrected chi connectivity index (χ2v) is 5.97. The number of para-hydroxylation sites is 1. The summed E-state index contributed by atoms with van der Waals surface area (Å²) in [6, 6.07) is 18.5. The van der Waals surface area contributed by atoms with Crippen LogP contribution in [0.1, 0.15) is 27.2 Å². The summed E-state index contributed by atoms with van der Waals surface area (Å²) in [6.45, 7) is 4.12. The zero-order chi connectivity index (χ0) is 18.5. The fourth-order valence-electron chi connectivity index (χ4n) is 2.49. The van der Waals surface area contributed by atoms with Gasteiger partial charge >= 0.3 is 0 Å². The molecule has 0 aliphatic carbocycles. The Balaban J connectivity index is 1.79. The first-order valence-corrected chi connectivity index (χ1v) is 8.17. The number of carbonyl (C=O) groups excluding carboxylic acids is 1. The maximum atomic E-state index is 12.5. The van der Waals surface area contributed by atoms with E-state index in [0.29, 0.717) is 11.3 Å². The number of nitrogens with zero attached hydrogens (tertiary/aromatic N) is 2. The minimum Gasteiger partial charge on any atom is -0.355 e. The van der Waals surface area contributed by atoms with Gasteiger partial charge in [-0.3, -0.25) is 9.78 Å². The Kier molecular flexibility index (Phi) is 4.95. The molecular weight excluding hydrogens is 324 g/mol. The molecular formula is C21H18N4O. The number of carbonyl (C=O) groups is 1. The highest BCUT2D eigenvalue weighted by Gasteiger charge is 2.11. The molecule has 1 amide bonds. The highest BCUT2D eigenvalue weighted by molar-refractivity contribution is 6.04. The predicted octanol–water partition coefficient (Wildman–Crippen LogP) is 4.57. The summed E-state index contributed by atoms with van der Waals surface area (Å²) < 4.78 is 0. The number of nitrogens with one attached hydrogen (secondary N) is 2. The van der Waals surface area contributed by atoms with Gasteiger partial charge < -0.3 is 10.6 Å². The van der Waals surface area contributed by atoms with Crippen LogP contribution in [0.3, 0.4) is 0 Å². The molecule has 128 valence electrons. The molecule has 5 heteroatoms. The van der Waals surface area contributed by atoms with Crippen LogP contribution >= 0.6 is 0 Å². The first kappa shape index (κ1) is 17.2. The lowest BCUT2D eigenvalue weighted by molar-refractivity contribution is 0.102. The van der Waals surface area contributed by atoms with Crippen LogP contribution in [0, 0.1) is 25.2 Å². The van der Waals surface area contributed by atoms with Crippen molar-refractivity contribution in [3.63, 3.8) is 0 Å². The minimum atomic E-state index is -0.364. The molecule has 0 saturated carbocycles. The number of aryl methyl sites for hydroxylation is 2. The Labute approximate surface area is 152 Å². The van der Waals surface area contributed by atoms with Crippen molar-refractivity contribution in [3.05, 3.63) is 83.2 Å². The number of amides is 1. The molecule has 1 heterocycles. The lowest BCUT2D eigenvalue weighted by Crippen LogP contribution is -2.14. The third-order valence-corrected chi connectivity index (χ3v) is 4.08. The normalized spacial score (nSPS) is 10.0. The van der Waals surface area contributed by atoms with Gasteiger partial charge in [0.15, 0.2) is 0 Å². The number of aromatic nitrogens is 1. The van der Waals surface area contributed by atoms with Crippen molar-refractivity contribution in [2.24, 2.45) is 0 Å². The van der Waals surface area contributed by atoms with Crippen LogP contribution < -0.4 is 10.6 Å². The second-order valence-electron chi connectivity index (χ2n) is 5.97. The first-order valence-electron chi connectivity index (χ1n) is 8.17. The average molecular weight is 342 g/mol. The van der Waals surface area contributed by atoms with Gasteiger partial charge in [0.25, 0.3) is 5.91 Å². The van der Waals surface area contributed by atoms with Crippen molar-refractivity contribution in [1.82, 2.24) is 4.98 Å². The monoisotopic (exact) mass is 342 g/mol. The molecule has 0 atom stereocenters. The zero-order valence-corrected chi connectivity index (χ0v) is 14.6. The topological polar surface area (TPSA) is 77.8 Å². The third-order valence-electron chi connectivity index (χ3n) is 4.08. The Hall–Kier alpha value is -3.65. The fraction of sp³-hybridized carbons (Fsp3) is 0.0952. The van der Waals surface area contributed by atoms with Crippen LogP contribution in [0.25, 0.3) is 0 Å². The van der Waals surface area contributed by atoms with E-state index in [-0.39, 0.29) is 11.6 Å². The van der Waals surface area contributed by atoms with Crippen molar-refractivity contribution < 1.29 is 4.79 Å². The molecule has 0 aliphatic heterocycles. The third kappa shape index (κ3) is 3.87. The van der Waals surface area contributed by atoms with Crippen molar-refractivity contribution in [2.45, 2.75) is 13.8 Å². The number of benzene rings is 2. The number of anilines is 3. The van der Waals surface area contributed by atoms with Gasteiger partial charge in [0.1, 0.15) is 11.8 Å². The van der Waals surface area contributed by atoms with Gasteiger partial charge in [-0.2, -0.15) is 5.26 Å². The standard InChI is InChI=1S/C21H18N4O/c1-14-7-8-17(11-15(14)2)24-18-9-10-23-20(12-18)21(26)25-19-6-4-3-5-16(19)13-22/h3-12H,1-2H3,(H,23,24)(H,25,26). The van der Waals surface area contributed by atoms with Crippen LogP contribution in [0.4, 0.5) is 17.1 Å². The zero-order valence-electron chi connectivity index (χ0n) is 14.6. The number of hydrogen-bond donors (Lipinski definition) is 2. The summed E-state index contributed by atoms with van der Waals surface area (Å²) in [4.78, 5) is 16.6. The summed E-state index contributed by atoms with van der Waals surface area (Å²) in [6.07, 6.45) is 1.58. The molecule has 0 unspecified atom stereocenters. The van der Waals surface area contributed by atoms with Crippen molar-refractivity contribution in [3.8, 4) is 6.07 Å². The highest BCUT2D eigenvalue weighted by atomic mass is 16.1. The average Bonchev–Trinajstić information content (AvgIpc) is 2.65. The Morgan fingerprint density at radius 3 is 2.54 bits per heavy atom. The molecule has 3 aromatic rings. The van der Waals surface area contributed by atoms with Crippen LogP contribution in [0.15, 0.2) is 60.8 Å². The maximum absolute atomic E-state index is 12.5. The predicted molar refractivity (Wildman–Crippen MR) is 103 cm³/mol. The van der Waals surface area contributed by atoms with E-state index in [1.54, 1.807) is 42.6 Å². The maximum Gasteiger partial charge on any atom is 0.274 e. The quantitative estimate of drug-likeness (QED) is 0.728. The van der Waals surface area contributed by atoms with Crippen molar-refractivity contribution >= 4 is 23.0 Å². The molecule has 3 rings (SSSR count). The molecule has 0 bridgehead atoms. The number of hydrogen-bond acceptors (Lipinski definition) is 4. The summed E-state index contributed by atoms with van der Waals surface area (Å²) >= 11 is 0. The van der Waals surface area contributed by atoms with E-state index in [1.807, 2.05) is 12.1 Å². The van der Waals surface area contributed by atoms with E-state index in [0.717, 1.165) is 11.4 Å².